The second-order valence-corrected chi connectivity index (χ2v) is 5.54. The summed E-state index contributed by atoms with van der Waals surface area (Å²) in [4.78, 5) is 4.04. The molecule has 2 heterocycles. The van der Waals surface area contributed by atoms with Crippen LogP contribution in [0.3, 0.4) is 0 Å². The molecule has 7 heteroatoms. The molecule has 0 fully saturated rings. The number of aromatic nitrogens is 4. The Bertz CT molecular complexity index is 769. The second kappa shape index (κ2) is 6.23. The molecule has 1 aromatic carbocycles. The van der Waals surface area contributed by atoms with Gasteiger partial charge in [0.05, 0.1) is 0 Å². The highest BCUT2D eigenvalue weighted by molar-refractivity contribution is 7.98. The molecule has 4 nitrogen and oxygen atoms in total. The number of thioether (sulfide) groups is 1. The highest BCUT2D eigenvalue weighted by Gasteiger charge is 2.14. The van der Waals surface area contributed by atoms with E-state index >= 15 is 0 Å². The van der Waals surface area contributed by atoms with Crippen LogP contribution in [0, 0.1) is 11.6 Å². The fourth-order valence-electron chi connectivity index (χ4n) is 1.99. The van der Waals surface area contributed by atoms with E-state index in [-0.39, 0.29) is 11.3 Å². The largest absolute Gasteiger partial charge is 0.305 e. The fourth-order valence-corrected chi connectivity index (χ4v) is 2.92. The first-order valence-electron chi connectivity index (χ1n) is 6.52. The molecule has 0 saturated heterocycles. The first-order valence-corrected chi connectivity index (χ1v) is 7.51. The van der Waals surface area contributed by atoms with E-state index in [9.17, 15) is 8.78 Å². The molecule has 0 spiro atoms. The Labute approximate surface area is 130 Å². The molecular weight excluding hydrogens is 306 g/mol. The van der Waals surface area contributed by atoms with E-state index < -0.39 is 11.6 Å². The minimum absolute atomic E-state index is 0.0402. The Hall–Kier alpha value is -2.28. The van der Waals surface area contributed by atoms with Crippen molar-refractivity contribution in [1.29, 1.82) is 0 Å². The zero-order valence-corrected chi connectivity index (χ0v) is 12.5. The number of halogens is 2. The lowest BCUT2D eigenvalue weighted by molar-refractivity contribution is 0.566. The molecule has 0 aliphatic carbocycles. The van der Waals surface area contributed by atoms with Gasteiger partial charge >= 0.3 is 0 Å². The number of benzene rings is 1. The third-order valence-electron chi connectivity index (χ3n) is 3.16. The zero-order valence-electron chi connectivity index (χ0n) is 11.7. The molecule has 0 amide bonds. The number of nitrogens with zero attached hydrogens (tertiary/aromatic N) is 4. The summed E-state index contributed by atoms with van der Waals surface area (Å²) in [6.07, 6.45) is 3.37. The predicted octanol–water partition coefficient (Wildman–Crippen LogP) is 3.45. The molecule has 0 bridgehead atoms. The van der Waals surface area contributed by atoms with E-state index in [1.165, 1.54) is 30.0 Å². The number of hydrogen-bond donors (Lipinski definition) is 0. The van der Waals surface area contributed by atoms with Crippen molar-refractivity contribution in [3.8, 4) is 11.4 Å². The molecule has 0 N–H and O–H groups in total. The minimum atomic E-state index is -0.554. The van der Waals surface area contributed by atoms with Crippen LogP contribution in [0.4, 0.5) is 8.78 Å². The molecule has 2 aromatic heterocycles. The first kappa shape index (κ1) is 14.6. The standard InChI is InChI=1S/C15H12F2N4S/c1-21-14(10-4-3-7-18-8-10)19-20-15(21)22-9-11-12(16)5-2-6-13(11)17/h2-8H,9H2,1H3. The van der Waals surface area contributed by atoms with Crippen molar-refractivity contribution in [1.82, 2.24) is 19.7 Å². The van der Waals surface area contributed by atoms with Crippen molar-refractivity contribution in [2.75, 3.05) is 0 Å². The van der Waals surface area contributed by atoms with Crippen molar-refractivity contribution in [2.24, 2.45) is 7.05 Å². The van der Waals surface area contributed by atoms with Gasteiger partial charge in [-0.3, -0.25) is 4.98 Å². The maximum atomic E-state index is 13.6. The van der Waals surface area contributed by atoms with E-state index in [0.29, 0.717) is 11.0 Å². The summed E-state index contributed by atoms with van der Waals surface area (Å²) in [7, 11) is 1.81. The third-order valence-corrected chi connectivity index (χ3v) is 4.21. The highest BCUT2D eigenvalue weighted by Crippen LogP contribution is 2.26. The lowest BCUT2D eigenvalue weighted by atomic mass is 10.2. The lowest BCUT2D eigenvalue weighted by Gasteiger charge is -2.05. The molecule has 0 atom stereocenters. The monoisotopic (exact) mass is 318 g/mol. The van der Waals surface area contributed by atoms with E-state index in [2.05, 4.69) is 15.2 Å². The van der Waals surface area contributed by atoms with Gasteiger partial charge in [0.15, 0.2) is 11.0 Å². The SMILES string of the molecule is Cn1c(SCc2c(F)cccc2F)nnc1-c1cccnc1. The van der Waals surface area contributed by atoms with Crippen molar-refractivity contribution < 1.29 is 8.78 Å². The van der Waals surface area contributed by atoms with E-state index in [0.717, 1.165) is 5.56 Å². The van der Waals surface area contributed by atoms with Gasteiger partial charge in [-0.2, -0.15) is 0 Å². The molecule has 3 rings (SSSR count). The summed E-state index contributed by atoms with van der Waals surface area (Å²) in [5, 5.41) is 8.76. The Kier molecular flexibility index (Phi) is 4.15. The van der Waals surface area contributed by atoms with Crippen LogP contribution in [0.5, 0.6) is 0 Å². The summed E-state index contributed by atoms with van der Waals surface area (Å²) in [5.74, 6) is -0.300. The van der Waals surface area contributed by atoms with Gasteiger partial charge in [-0.15, -0.1) is 10.2 Å². The van der Waals surface area contributed by atoms with Crippen LogP contribution >= 0.6 is 11.8 Å². The summed E-state index contributed by atoms with van der Waals surface area (Å²) >= 11 is 1.23. The van der Waals surface area contributed by atoms with Crippen molar-refractivity contribution in [3.63, 3.8) is 0 Å². The van der Waals surface area contributed by atoms with Crippen LogP contribution in [0.15, 0.2) is 47.9 Å². The fraction of sp³-hybridized carbons (Fsp3) is 0.133. The third kappa shape index (κ3) is 2.85. The molecule has 0 saturated carbocycles. The minimum Gasteiger partial charge on any atom is -0.305 e. The van der Waals surface area contributed by atoms with E-state index in [4.69, 9.17) is 0 Å². The quantitative estimate of drug-likeness (QED) is 0.691. The molecule has 0 radical (unpaired) electrons. The van der Waals surface area contributed by atoms with Crippen LogP contribution < -0.4 is 0 Å². The van der Waals surface area contributed by atoms with Crippen molar-refractivity contribution in [3.05, 3.63) is 59.9 Å². The summed E-state index contributed by atoms with van der Waals surface area (Å²) in [5.41, 5.74) is 0.875. The predicted molar refractivity (Wildman–Crippen MR) is 80.2 cm³/mol. The number of pyridine rings is 1. The molecule has 3 aromatic rings. The molecular formula is C15H12F2N4S. The summed E-state index contributed by atoms with van der Waals surface area (Å²) in [6.45, 7) is 0. The molecule has 112 valence electrons. The van der Waals surface area contributed by atoms with E-state index in [1.54, 1.807) is 17.0 Å². The van der Waals surface area contributed by atoms with Gasteiger partial charge in [-0.25, -0.2) is 8.78 Å². The summed E-state index contributed by atoms with van der Waals surface area (Å²) in [6, 6.07) is 7.53. The van der Waals surface area contributed by atoms with Gasteiger partial charge in [0.2, 0.25) is 0 Å². The average Bonchev–Trinajstić information content (AvgIpc) is 2.89. The van der Waals surface area contributed by atoms with Gasteiger partial charge < -0.3 is 4.57 Å². The molecule has 0 unspecified atom stereocenters. The van der Waals surface area contributed by atoms with Crippen LogP contribution in [0.2, 0.25) is 0 Å². The molecule has 22 heavy (non-hydrogen) atoms. The summed E-state index contributed by atoms with van der Waals surface area (Å²) < 4.78 is 29.0. The first-order chi connectivity index (χ1) is 10.7. The highest BCUT2D eigenvalue weighted by atomic mass is 32.2. The maximum Gasteiger partial charge on any atom is 0.191 e. The van der Waals surface area contributed by atoms with Crippen LogP contribution in [-0.4, -0.2) is 19.7 Å². The van der Waals surface area contributed by atoms with Crippen LogP contribution in [0.25, 0.3) is 11.4 Å². The Morgan fingerprint density at radius 1 is 1.09 bits per heavy atom. The average molecular weight is 318 g/mol. The van der Waals surface area contributed by atoms with E-state index in [1.807, 2.05) is 19.2 Å². The topological polar surface area (TPSA) is 43.6 Å². The van der Waals surface area contributed by atoms with Gasteiger partial charge in [0.1, 0.15) is 11.6 Å². The zero-order chi connectivity index (χ0) is 15.5. The smallest absolute Gasteiger partial charge is 0.191 e. The van der Waals surface area contributed by atoms with Crippen molar-refractivity contribution in [2.45, 2.75) is 10.9 Å². The Morgan fingerprint density at radius 3 is 2.55 bits per heavy atom. The second-order valence-electron chi connectivity index (χ2n) is 4.60. The van der Waals surface area contributed by atoms with Crippen LogP contribution in [-0.2, 0) is 12.8 Å². The van der Waals surface area contributed by atoms with Gasteiger partial charge in [0.25, 0.3) is 0 Å². The van der Waals surface area contributed by atoms with Gasteiger partial charge in [-0.1, -0.05) is 17.8 Å². The van der Waals surface area contributed by atoms with Gasteiger partial charge in [-0.05, 0) is 24.3 Å². The molecule has 0 aliphatic rings. The van der Waals surface area contributed by atoms with Crippen molar-refractivity contribution >= 4 is 11.8 Å². The van der Waals surface area contributed by atoms with Crippen LogP contribution in [0.1, 0.15) is 5.56 Å². The Balaban J connectivity index is 1.81. The number of rotatable bonds is 4. The normalized spacial score (nSPS) is 10.9. The number of hydrogen-bond acceptors (Lipinski definition) is 4. The Morgan fingerprint density at radius 2 is 1.86 bits per heavy atom. The van der Waals surface area contributed by atoms with Gasteiger partial charge in [0, 0.05) is 36.3 Å². The lowest BCUT2D eigenvalue weighted by Crippen LogP contribution is -1.97. The maximum absolute atomic E-state index is 13.6. The molecule has 0 aliphatic heterocycles.